The lowest BCUT2D eigenvalue weighted by Gasteiger charge is -2.32. The van der Waals surface area contributed by atoms with Crippen LogP contribution in [-0.2, 0) is 0 Å². The minimum Gasteiger partial charge on any atom is -0.338 e. The predicted octanol–water partition coefficient (Wildman–Crippen LogP) is 4.29. The van der Waals surface area contributed by atoms with Gasteiger partial charge in [0.1, 0.15) is 5.15 Å². The van der Waals surface area contributed by atoms with Gasteiger partial charge in [-0.1, -0.05) is 29.8 Å². The van der Waals surface area contributed by atoms with Crippen molar-refractivity contribution < 1.29 is 4.79 Å². The third-order valence-electron chi connectivity index (χ3n) is 4.82. The largest absolute Gasteiger partial charge is 0.338 e. The van der Waals surface area contributed by atoms with E-state index in [1.165, 1.54) is 0 Å². The number of rotatable bonds is 4. The van der Waals surface area contributed by atoms with Gasteiger partial charge in [-0.05, 0) is 43.2 Å². The minimum absolute atomic E-state index is 0.0838. The van der Waals surface area contributed by atoms with Crippen molar-refractivity contribution in [1.29, 1.82) is 0 Å². The summed E-state index contributed by atoms with van der Waals surface area (Å²) in [6.07, 6.45) is 5.23. The molecule has 1 aliphatic heterocycles. The second-order valence-electron chi connectivity index (χ2n) is 6.73. The molecule has 0 radical (unpaired) electrons. The van der Waals surface area contributed by atoms with Crippen LogP contribution in [0.1, 0.15) is 34.8 Å². The number of pyridine rings is 1. The van der Waals surface area contributed by atoms with Gasteiger partial charge in [0.05, 0.1) is 11.3 Å². The Balaban J connectivity index is 1.49. The Hall–Kier alpha value is -2.99. The Kier molecular flexibility index (Phi) is 5.48. The van der Waals surface area contributed by atoms with Crippen LogP contribution in [0.3, 0.4) is 0 Å². The van der Waals surface area contributed by atoms with Gasteiger partial charge in [-0.2, -0.15) is 0 Å². The van der Waals surface area contributed by atoms with E-state index in [0.29, 0.717) is 24.6 Å². The first-order valence-electron chi connectivity index (χ1n) is 9.25. The van der Waals surface area contributed by atoms with Gasteiger partial charge in [0.2, 0.25) is 5.95 Å². The van der Waals surface area contributed by atoms with Crippen LogP contribution >= 0.6 is 11.6 Å². The fraction of sp³-hybridized carbons (Fsp3) is 0.238. The maximum atomic E-state index is 12.9. The molecule has 1 amide bonds. The fourth-order valence-corrected chi connectivity index (χ4v) is 3.63. The lowest BCUT2D eigenvalue weighted by atomic mass is 9.94. The maximum Gasteiger partial charge on any atom is 0.257 e. The zero-order chi connectivity index (χ0) is 19.3. The lowest BCUT2D eigenvalue weighted by Crippen LogP contribution is -2.39. The van der Waals surface area contributed by atoms with Crippen LogP contribution in [0.25, 0.3) is 0 Å². The first kappa shape index (κ1) is 18.4. The van der Waals surface area contributed by atoms with E-state index in [0.717, 1.165) is 24.2 Å². The minimum atomic E-state index is -0.0838. The molecule has 0 bridgehead atoms. The number of hydrogen-bond donors (Lipinski definition) is 1. The van der Waals surface area contributed by atoms with Gasteiger partial charge < -0.3 is 10.2 Å². The molecular formula is C21H20ClN5O. The Morgan fingerprint density at radius 3 is 2.75 bits per heavy atom. The van der Waals surface area contributed by atoms with Gasteiger partial charge in [0.15, 0.2) is 0 Å². The van der Waals surface area contributed by atoms with Crippen LogP contribution in [0, 0.1) is 0 Å². The number of benzene rings is 1. The van der Waals surface area contributed by atoms with E-state index in [-0.39, 0.29) is 17.0 Å². The van der Waals surface area contributed by atoms with Crippen molar-refractivity contribution in [3.8, 4) is 0 Å². The number of aromatic nitrogens is 3. The quantitative estimate of drug-likeness (QED) is 0.669. The van der Waals surface area contributed by atoms with Crippen LogP contribution in [0.15, 0.2) is 60.9 Å². The summed E-state index contributed by atoms with van der Waals surface area (Å²) in [7, 11) is 0. The number of halogens is 1. The first-order valence-corrected chi connectivity index (χ1v) is 9.63. The van der Waals surface area contributed by atoms with E-state index in [9.17, 15) is 4.79 Å². The molecule has 1 atom stereocenters. The number of anilines is 2. The van der Waals surface area contributed by atoms with Gasteiger partial charge >= 0.3 is 0 Å². The summed E-state index contributed by atoms with van der Waals surface area (Å²) in [5.41, 5.74) is 2.31. The number of piperidine rings is 1. The van der Waals surface area contributed by atoms with Gasteiger partial charge in [-0.3, -0.25) is 4.79 Å². The molecule has 6 nitrogen and oxygen atoms in total. The smallest absolute Gasteiger partial charge is 0.257 e. The average molecular weight is 394 g/mol. The Morgan fingerprint density at radius 1 is 1.07 bits per heavy atom. The van der Waals surface area contributed by atoms with Crippen LogP contribution in [0.2, 0.25) is 5.15 Å². The van der Waals surface area contributed by atoms with Gasteiger partial charge in [0.25, 0.3) is 5.91 Å². The molecule has 0 aliphatic carbocycles. The topological polar surface area (TPSA) is 71.0 Å². The van der Waals surface area contributed by atoms with Crippen molar-refractivity contribution >= 4 is 29.1 Å². The molecule has 2 aromatic heterocycles. The summed E-state index contributed by atoms with van der Waals surface area (Å²) in [6, 6.07) is 15.2. The van der Waals surface area contributed by atoms with E-state index in [1.54, 1.807) is 24.5 Å². The molecule has 1 aromatic carbocycles. The van der Waals surface area contributed by atoms with E-state index >= 15 is 0 Å². The third kappa shape index (κ3) is 4.12. The van der Waals surface area contributed by atoms with E-state index < -0.39 is 0 Å². The highest BCUT2D eigenvalue weighted by atomic mass is 35.5. The number of carbonyl (C=O) groups is 1. The van der Waals surface area contributed by atoms with Crippen LogP contribution < -0.4 is 5.32 Å². The third-order valence-corrected chi connectivity index (χ3v) is 5.12. The fourth-order valence-electron chi connectivity index (χ4n) is 3.43. The van der Waals surface area contributed by atoms with Crippen LogP contribution in [0.5, 0.6) is 0 Å². The number of nitrogens with zero attached hydrogens (tertiary/aromatic N) is 4. The molecule has 1 saturated heterocycles. The van der Waals surface area contributed by atoms with Crippen molar-refractivity contribution in [3.63, 3.8) is 0 Å². The zero-order valence-corrected chi connectivity index (χ0v) is 16.0. The molecule has 1 fully saturated rings. The molecule has 0 unspecified atom stereocenters. The number of carbonyl (C=O) groups excluding carboxylic acids is 1. The first-order chi connectivity index (χ1) is 13.7. The van der Waals surface area contributed by atoms with E-state index in [4.69, 9.17) is 11.6 Å². The number of hydrogen-bond acceptors (Lipinski definition) is 5. The molecular weight excluding hydrogens is 374 g/mol. The summed E-state index contributed by atoms with van der Waals surface area (Å²) in [5, 5.41) is 3.46. The number of para-hydroxylation sites is 1. The van der Waals surface area contributed by atoms with Crippen molar-refractivity contribution in [2.75, 3.05) is 18.4 Å². The molecule has 142 valence electrons. The molecule has 3 aromatic rings. The van der Waals surface area contributed by atoms with Crippen molar-refractivity contribution in [2.45, 2.75) is 18.8 Å². The Morgan fingerprint density at radius 2 is 1.93 bits per heavy atom. The molecule has 28 heavy (non-hydrogen) atoms. The SMILES string of the molecule is O=C(c1cccnc1Cl)N1CCC[C@@H](c2ccnc(Nc3ccccc3)n2)C1. The average Bonchev–Trinajstić information content (AvgIpc) is 2.75. The van der Waals surface area contributed by atoms with Crippen molar-refractivity contribution in [2.24, 2.45) is 0 Å². The summed E-state index contributed by atoms with van der Waals surface area (Å²) >= 11 is 6.10. The van der Waals surface area contributed by atoms with Gasteiger partial charge in [-0.15, -0.1) is 0 Å². The molecule has 4 rings (SSSR count). The number of amides is 1. The highest BCUT2D eigenvalue weighted by molar-refractivity contribution is 6.32. The maximum absolute atomic E-state index is 12.9. The summed E-state index contributed by atoms with van der Waals surface area (Å²) in [5.74, 6) is 0.634. The molecule has 1 N–H and O–H groups in total. The van der Waals surface area contributed by atoms with Crippen molar-refractivity contribution in [3.05, 3.63) is 77.3 Å². The molecule has 1 aliphatic rings. The molecule has 0 saturated carbocycles. The molecule has 3 heterocycles. The van der Waals surface area contributed by atoms with Crippen LogP contribution in [0.4, 0.5) is 11.6 Å². The normalized spacial score (nSPS) is 16.6. The second kappa shape index (κ2) is 8.35. The summed E-state index contributed by atoms with van der Waals surface area (Å²) < 4.78 is 0. The van der Waals surface area contributed by atoms with Crippen LogP contribution in [-0.4, -0.2) is 38.8 Å². The molecule has 7 heteroatoms. The lowest BCUT2D eigenvalue weighted by molar-refractivity contribution is 0.0705. The van der Waals surface area contributed by atoms with E-state index in [2.05, 4.69) is 20.3 Å². The summed E-state index contributed by atoms with van der Waals surface area (Å²) in [4.78, 5) is 27.7. The monoisotopic (exact) mass is 393 g/mol. The predicted molar refractivity (Wildman–Crippen MR) is 109 cm³/mol. The van der Waals surface area contributed by atoms with Crippen molar-refractivity contribution in [1.82, 2.24) is 19.9 Å². The Bertz CT molecular complexity index is 966. The van der Waals surface area contributed by atoms with E-state index in [1.807, 2.05) is 41.3 Å². The highest BCUT2D eigenvalue weighted by Gasteiger charge is 2.27. The number of nitrogens with one attached hydrogen (secondary N) is 1. The van der Waals surface area contributed by atoms with Gasteiger partial charge in [0, 0.05) is 37.1 Å². The second-order valence-corrected chi connectivity index (χ2v) is 7.09. The zero-order valence-electron chi connectivity index (χ0n) is 15.3. The number of likely N-dealkylation sites (tertiary alicyclic amines) is 1. The highest BCUT2D eigenvalue weighted by Crippen LogP contribution is 2.28. The van der Waals surface area contributed by atoms with Gasteiger partial charge in [-0.25, -0.2) is 15.0 Å². The molecule has 0 spiro atoms. The Labute approximate surface area is 168 Å². The summed E-state index contributed by atoms with van der Waals surface area (Å²) in [6.45, 7) is 1.31. The standard InChI is InChI=1S/C21H20ClN5O/c22-19-17(9-4-11-23-19)20(28)27-13-5-6-15(14-27)18-10-12-24-21(26-18)25-16-7-2-1-3-8-16/h1-4,7-12,15H,5-6,13-14H2,(H,24,25,26)/t15-/m1/s1.